The summed E-state index contributed by atoms with van der Waals surface area (Å²) in [6, 6.07) is 11.2. The topological polar surface area (TPSA) is 59.0 Å². The third-order valence-electron chi connectivity index (χ3n) is 5.93. The predicted molar refractivity (Wildman–Crippen MR) is 121 cm³/mol. The molecule has 0 saturated carbocycles. The third-order valence-corrected chi connectivity index (χ3v) is 5.93. The van der Waals surface area contributed by atoms with Gasteiger partial charge in [0.15, 0.2) is 0 Å². The lowest BCUT2D eigenvalue weighted by Crippen LogP contribution is -2.36. The Balaban J connectivity index is 1.65. The molecule has 1 saturated heterocycles. The van der Waals surface area contributed by atoms with E-state index in [0.29, 0.717) is 23.4 Å². The zero-order valence-electron chi connectivity index (χ0n) is 19.0. The summed E-state index contributed by atoms with van der Waals surface area (Å²) >= 11 is 0. The quantitative estimate of drug-likeness (QED) is 0.483. The van der Waals surface area contributed by atoms with Crippen molar-refractivity contribution in [3.05, 3.63) is 83.4 Å². The number of aromatic nitrogens is 2. The Morgan fingerprint density at radius 3 is 2.47 bits per heavy atom. The van der Waals surface area contributed by atoms with Crippen LogP contribution in [0.25, 0.3) is 0 Å². The Kier molecular flexibility index (Phi) is 6.24. The van der Waals surface area contributed by atoms with Gasteiger partial charge in [-0.1, -0.05) is 18.2 Å². The molecule has 1 aromatic heterocycles. The Bertz CT molecular complexity index is 1180. The van der Waals surface area contributed by atoms with Gasteiger partial charge in [0.05, 0.1) is 22.8 Å². The van der Waals surface area contributed by atoms with Gasteiger partial charge >= 0.3 is 6.18 Å². The first-order chi connectivity index (χ1) is 15.9. The number of benzene rings is 2. The molecule has 0 radical (unpaired) electrons. The fourth-order valence-corrected chi connectivity index (χ4v) is 4.21. The Hall–Kier alpha value is -3.20. The van der Waals surface area contributed by atoms with Crippen LogP contribution in [0.2, 0.25) is 0 Å². The minimum atomic E-state index is -4.48. The van der Waals surface area contributed by atoms with Crippen LogP contribution >= 0.6 is 0 Å². The fraction of sp³-hybridized carbons (Fsp3) is 0.360. The van der Waals surface area contributed by atoms with Gasteiger partial charge < -0.3 is 5.32 Å². The molecule has 1 amide bonds. The second-order valence-electron chi connectivity index (χ2n) is 9.52. The van der Waals surface area contributed by atoms with Crippen molar-refractivity contribution in [3.63, 3.8) is 0 Å². The third kappa shape index (κ3) is 5.14. The van der Waals surface area contributed by atoms with Crippen LogP contribution in [0.4, 0.5) is 23.2 Å². The van der Waals surface area contributed by atoms with Crippen molar-refractivity contribution < 1.29 is 22.4 Å². The van der Waals surface area contributed by atoms with Gasteiger partial charge in [0.2, 0.25) is 5.91 Å². The molecule has 0 unspecified atom stereocenters. The largest absolute Gasteiger partial charge is 0.416 e. The number of alkyl halides is 3. The predicted octanol–water partition coefficient (Wildman–Crippen LogP) is 5.62. The normalized spacial score (nSPS) is 21.0. The molecule has 0 bridgehead atoms. The molecule has 5 nitrogen and oxygen atoms in total. The SMILES string of the molecule is CC(C)(C)n1ccc([C@@H]2C[C@@H](C(=O)Nc3cccc(F)c3)N[C@H]2c2cccc(C(F)(F)F)c2)n1. The molecule has 3 atom stereocenters. The smallest absolute Gasteiger partial charge is 0.325 e. The summed E-state index contributed by atoms with van der Waals surface area (Å²) in [5, 5.41) is 10.6. The number of halogens is 4. The molecule has 3 aromatic rings. The number of amides is 1. The average molecular weight is 475 g/mol. The number of carbonyl (C=O) groups excluding carboxylic acids is 1. The number of hydrogen-bond donors (Lipinski definition) is 2. The first kappa shape index (κ1) is 23.9. The molecule has 34 heavy (non-hydrogen) atoms. The molecule has 1 aliphatic rings. The zero-order chi connectivity index (χ0) is 24.7. The molecule has 1 aliphatic heterocycles. The highest BCUT2D eigenvalue weighted by Gasteiger charge is 2.41. The van der Waals surface area contributed by atoms with Crippen LogP contribution in [0.5, 0.6) is 0 Å². The van der Waals surface area contributed by atoms with E-state index in [0.717, 1.165) is 12.1 Å². The zero-order valence-corrected chi connectivity index (χ0v) is 19.0. The number of hydrogen-bond acceptors (Lipinski definition) is 3. The van der Waals surface area contributed by atoms with Crippen LogP contribution < -0.4 is 10.6 Å². The molecule has 9 heteroatoms. The van der Waals surface area contributed by atoms with Gasteiger partial charge in [-0.25, -0.2) is 4.39 Å². The molecular formula is C25H26F4N4O. The lowest BCUT2D eigenvalue weighted by molar-refractivity contribution is -0.137. The highest BCUT2D eigenvalue weighted by atomic mass is 19.4. The van der Waals surface area contributed by atoms with Crippen LogP contribution in [0.1, 0.15) is 56.0 Å². The maximum Gasteiger partial charge on any atom is 0.416 e. The Labute approximate surface area is 195 Å². The van der Waals surface area contributed by atoms with Gasteiger partial charge in [0.1, 0.15) is 5.82 Å². The summed E-state index contributed by atoms with van der Waals surface area (Å²) in [7, 11) is 0. The Morgan fingerprint density at radius 2 is 1.82 bits per heavy atom. The maximum absolute atomic E-state index is 13.5. The van der Waals surface area contributed by atoms with E-state index in [2.05, 4.69) is 15.7 Å². The molecule has 2 heterocycles. The van der Waals surface area contributed by atoms with Crippen molar-refractivity contribution in [1.82, 2.24) is 15.1 Å². The Morgan fingerprint density at radius 1 is 1.09 bits per heavy atom. The summed E-state index contributed by atoms with van der Waals surface area (Å²) in [6.07, 6.45) is -2.33. The number of nitrogens with one attached hydrogen (secondary N) is 2. The van der Waals surface area contributed by atoms with Crippen molar-refractivity contribution in [3.8, 4) is 0 Å². The summed E-state index contributed by atoms with van der Waals surface area (Å²) in [6.45, 7) is 5.99. The lowest BCUT2D eigenvalue weighted by Gasteiger charge is -2.21. The maximum atomic E-state index is 13.5. The van der Waals surface area contributed by atoms with Crippen molar-refractivity contribution >= 4 is 11.6 Å². The number of nitrogens with zero attached hydrogens (tertiary/aromatic N) is 2. The molecule has 4 rings (SSSR count). The molecular weight excluding hydrogens is 448 g/mol. The van der Waals surface area contributed by atoms with E-state index in [1.165, 1.54) is 24.3 Å². The molecule has 2 aromatic carbocycles. The second kappa shape index (κ2) is 8.87. The summed E-state index contributed by atoms with van der Waals surface area (Å²) in [4.78, 5) is 13.0. The van der Waals surface area contributed by atoms with Gasteiger partial charge in [-0.2, -0.15) is 18.3 Å². The highest BCUT2D eigenvalue weighted by Crippen LogP contribution is 2.41. The number of anilines is 1. The second-order valence-corrected chi connectivity index (χ2v) is 9.52. The molecule has 1 fully saturated rings. The molecule has 180 valence electrons. The standard InChI is InChI=1S/C25H26F4N4O/c1-24(2,3)33-11-10-20(32-33)19-14-21(23(34)30-18-9-5-8-17(26)13-18)31-22(19)15-6-4-7-16(12-15)25(27,28)29/h4-13,19,21-22,31H,14H2,1-3H3,(H,30,34)/t19-,21-,22-/m0/s1. The fourth-order valence-electron chi connectivity index (χ4n) is 4.21. The summed E-state index contributed by atoms with van der Waals surface area (Å²) < 4.78 is 55.4. The lowest BCUT2D eigenvalue weighted by atomic mass is 9.90. The van der Waals surface area contributed by atoms with E-state index in [9.17, 15) is 22.4 Å². The average Bonchev–Trinajstić information content (AvgIpc) is 3.41. The van der Waals surface area contributed by atoms with Crippen molar-refractivity contribution in [2.45, 2.75) is 56.9 Å². The first-order valence-electron chi connectivity index (χ1n) is 11.0. The van der Waals surface area contributed by atoms with Crippen LogP contribution in [-0.4, -0.2) is 21.7 Å². The van der Waals surface area contributed by atoms with Gasteiger partial charge in [-0.05, 0) is 69.2 Å². The van der Waals surface area contributed by atoms with Crippen LogP contribution in [0, 0.1) is 5.82 Å². The van der Waals surface area contributed by atoms with E-state index >= 15 is 0 Å². The minimum Gasteiger partial charge on any atom is -0.325 e. The van der Waals surface area contributed by atoms with Crippen LogP contribution in [0.15, 0.2) is 60.8 Å². The summed E-state index contributed by atoms with van der Waals surface area (Å²) in [5.41, 5.74) is 0.392. The van der Waals surface area contributed by atoms with Gasteiger partial charge in [-0.3, -0.25) is 14.8 Å². The van der Waals surface area contributed by atoms with Gasteiger partial charge in [0.25, 0.3) is 0 Å². The van der Waals surface area contributed by atoms with E-state index in [-0.39, 0.29) is 17.4 Å². The molecule has 2 N–H and O–H groups in total. The monoisotopic (exact) mass is 474 g/mol. The van der Waals surface area contributed by atoms with Crippen LogP contribution in [-0.2, 0) is 16.5 Å². The molecule has 0 aliphatic carbocycles. The number of carbonyl (C=O) groups is 1. The van der Waals surface area contributed by atoms with Gasteiger partial charge in [-0.15, -0.1) is 0 Å². The van der Waals surface area contributed by atoms with E-state index < -0.39 is 29.6 Å². The van der Waals surface area contributed by atoms with Gasteiger partial charge in [0, 0.05) is 23.8 Å². The van der Waals surface area contributed by atoms with E-state index in [1.807, 2.05) is 33.0 Å². The van der Waals surface area contributed by atoms with Crippen molar-refractivity contribution in [2.24, 2.45) is 0 Å². The number of rotatable bonds is 4. The van der Waals surface area contributed by atoms with Crippen molar-refractivity contribution in [1.29, 1.82) is 0 Å². The van der Waals surface area contributed by atoms with E-state index in [1.54, 1.807) is 16.8 Å². The van der Waals surface area contributed by atoms with Crippen molar-refractivity contribution in [2.75, 3.05) is 5.32 Å². The first-order valence-corrected chi connectivity index (χ1v) is 11.0. The molecule has 0 spiro atoms. The van der Waals surface area contributed by atoms with E-state index in [4.69, 9.17) is 0 Å². The van der Waals surface area contributed by atoms with Crippen LogP contribution in [0.3, 0.4) is 0 Å². The minimum absolute atomic E-state index is 0.274. The highest BCUT2D eigenvalue weighted by molar-refractivity contribution is 5.95. The summed E-state index contributed by atoms with van der Waals surface area (Å²) in [5.74, 6) is -1.21.